The molecule has 96 valence electrons. The second-order valence-corrected chi connectivity index (χ2v) is 6.05. The average Bonchev–Trinajstić information content (AvgIpc) is 2.29. The molecule has 2 fully saturated rings. The fraction of sp³-hybridized carbons (Fsp3) is 0.929. The van der Waals surface area contributed by atoms with Crippen molar-refractivity contribution >= 4 is 0 Å². The standard InChI is InChI=1S/C14H24N2O/c1-3-13(2)11-14(6-10-17-13)5-4-8-16(12-14)9-7-15/h3-6,8-12H2,1-2H3. The van der Waals surface area contributed by atoms with Gasteiger partial charge in [0.2, 0.25) is 0 Å². The van der Waals surface area contributed by atoms with E-state index in [1.165, 1.54) is 25.7 Å². The lowest BCUT2D eigenvalue weighted by molar-refractivity contribution is -0.132. The fourth-order valence-corrected chi connectivity index (χ4v) is 3.57. The maximum atomic E-state index is 8.84. The number of rotatable bonds is 2. The van der Waals surface area contributed by atoms with Crippen LogP contribution in [0.2, 0.25) is 0 Å². The smallest absolute Gasteiger partial charge is 0.0866 e. The second kappa shape index (κ2) is 4.96. The van der Waals surface area contributed by atoms with Crippen molar-refractivity contribution in [1.82, 2.24) is 4.90 Å². The van der Waals surface area contributed by atoms with Gasteiger partial charge in [-0.05, 0) is 51.0 Å². The highest BCUT2D eigenvalue weighted by Crippen LogP contribution is 2.45. The van der Waals surface area contributed by atoms with E-state index in [0.29, 0.717) is 12.0 Å². The summed E-state index contributed by atoms with van der Waals surface area (Å²) in [7, 11) is 0. The lowest BCUT2D eigenvalue weighted by atomic mass is 9.68. The van der Waals surface area contributed by atoms with Crippen LogP contribution in [0, 0.1) is 16.7 Å². The Morgan fingerprint density at radius 1 is 1.41 bits per heavy atom. The van der Waals surface area contributed by atoms with E-state index < -0.39 is 0 Å². The largest absolute Gasteiger partial charge is 0.375 e. The molecule has 3 nitrogen and oxygen atoms in total. The molecule has 0 aliphatic carbocycles. The number of nitriles is 1. The maximum absolute atomic E-state index is 8.84. The van der Waals surface area contributed by atoms with Crippen molar-refractivity contribution in [3.8, 4) is 6.07 Å². The third-order valence-electron chi connectivity index (χ3n) is 4.61. The zero-order valence-electron chi connectivity index (χ0n) is 11.2. The van der Waals surface area contributed by atoms with Gasteiger partial charge in [-0.2, -0.15) is 5.26 Å². The molecule has 0 N–H and O–H groups in total. The van der Waals surface area contributed by atoms with E-state index in [1.807, 2.05) is 0 Å². The van der Waals surface area contributed by atoms with Gasteiger partial charge in [-0.1, -0.05) is 6.92 Å². The Bertz CT molecular complexity index is 308. The van der Waals surface area contributed by atoms with Gasteiger partial charge in [0.1, 0.15) is 0 Å². The Labute approximate surface area is 105 Å². The topological polar surface area (TPSA) is 36.3 Å². The van der Waals surface area contributed by atoms with Crippen LogP contribution in [0.15, 0.2) is 0 Å². The molecule has 2 aliphatic rings. The Morgan fingerprint density at radius 2 is 2.24 bits per heavy atom. The van der Waals surface area contributed by atoms with E-state index >= 15 is 0 Å². The summed E-state index contributed by atoms with van der Waals surface area (Å²) in [5.74, 6) is 0. The van der Waals surface area contributed by atoms with Crippen LogP contribution in [-0.2, 0) is 4.74 Å². The highest BCUT2D eigenvalue weighted by Gasteiger charge is 2.44. The van der Waals surface area contributed by atoms with Crippen LogP contribution >= 0.6 is 0 Å². The summed E-state index contributed by atoms with van der Waals surface area (Å²) in [5, 5.41) is 8.84. The molecule has 1 spiro atoms. The normalized spacial score (nSPS) is 39.1. The first-order chi connectivity index (χ1) is 8.11. The van der Waals surface area contributed by atoms with Gasteiger partial charge < -0.3 is 4.74 Å². The molecule has 2 atom stereocenters. The van der Waals surface area contributed by atoms with Crippen LogP contribution in [0.5, 0.6) is 0 Å². The summed E-state index contributed by atoms with van der Waals surface area (Å²) in [4.78, 5) is 2.32. The SMILES string of the molecule is CCC1(C)CC2(CCCN(CC#N)C2)CCO1. The predicted molar refractivity (Wildman–Crippen MR) is 67.6 cm³/mol. The van der Waals surface area contributed by atoms with Crippen molar-refractivity contribution in [2.45, 2.75) is 51.6 Å². The molecule has 0 radical (unpaired) electrons. The monoisotopic (exact) mass is 236 g/mol. The first kappa shape index (κ1) is 12.9. The molecular weight excluding hydrogens is 212 g/mol. The molecule has 2 rings (SSSR count). The van der Waals surface area contributed by atoms with Crippen molar-refractivity contribution in [1.29, 1.82) is 5.26 Å². The van der Waals surface area contributed by atoms with Gasteiger partial charge in [-0.25, -0.2) is 0 Å². The molecule has 2 aliphatic heterocycles. The molecule has 17 heavy (non-hydrogen) atoms. The molecular formula is C14H24N2O. The zero-order chi connectivity index (χ0) is 12.4. The fourth-order valence-electron chi connectivity index (χ4n) is 3.57. The number of ether oxygens (including phenoxy) is 1. The van der Waals surface area contributed by atoms with Gasteiger partial charge in [0.05, 0.1) is 18.2 Å². The van der Waals surface area contributed by atoms with Gasteiger partial charge in [-0.3, -0.25) is 4.90 Å². The molecule has 0 amide bonds. The van der Waals surface area contributed by atoms with Crippen molar-refractivity contribution in [2.75, 3.05) is 26.2 Å². The van der Waals surface area contributed by atoms with Crippen molar-refractivity contribution in [2.24, 2.45) is 5.41 Å². The average molecular weight is 236 g/mol. The van der Waals surface area contributed by atoms with E-state index in [2.05, 4.69) is 24.8 Å². The molecule has 2 unspecified atom stereocenters. The minimum Gasteiger partial charge on any atom is -0.375 e. The highest BCUT2D eigenvalue weighted by atomic mass is 16.5. The van der Waals surface area contributed by atoms with Crippen molar-refractivity contribution in [3.63, 3.8) is 0 Å². The molecule has 0 aromatic carbocycles. The lowest BCUT2D eigenvalue weighted by Gasteiger charge is -2.50. The van der Waals surface area contributed by atoms with Gasteiger partial charge in [0, 0.05) is 13.2 Å². The Morgan fingerprint density at radius 3 is 2.94 bits per heavy atom. The van der Waals surface area contributed by atoms with Crippen LogP contribution < -0.4 is 0 Å². The summed E-state index contributed by atoms with van der Waals surface area (Å²) in [5.41, 5.74) is 0.478. The van der Waals surface area contributed by atoms with Gasteiger partial charge in [0.15, 0.2) is 0 Å². The summed E-state index contributed by atoms with van der Waals surface area (Å²) >= 11 is 0. The molecule has 0 aromatic rings. The first-order valence-corrected chi connectivity index (χ1v) is 6.85. The van der Waals surface area contributed by atoms with Crippen molar-refractivity contribution < 1.29 is 4.74 Å². The molecule has 2 saturated heterocycles. The molecule has 0 saturated carbocycles. The summed E-state index contributed by atoms with van der Waals surface area (Å²) in [6.45, 7) is 8.14. The molecule has 0 aromatic heterocycles. The van der Waals surface area contributed by atoms with Crippen LogP contribution in [0.3, 0.4) is 0 Å². The Kier molecular flexibility index (Phi) is 3.75. The van der Waals surface area contributed by atoms with Gasteiger partial charge in [-0.15, -0.1) is 0 Å². The van der Waals surface area contributed by atoms with E-state index in [4.69, 9.17) is 10.00 Å². The number of likely N-dealkylation sites (tertiary alicyclic amines) is 1. The molecule has 3 heteroatoms. The van der Waals surface area contributed by atoms with E-state index in [-0.39, 0.29) is 5.60 Å². The number of nitrogens with zero attached hydrogens (tertiary/aromatic N) is 2. The van der Waals surface area contributed by atoms with Crippen LogP contribution in [0.1, 0.15) is 46.0 Å². The summed E-state index contributed by atoms with van der Waals surface area (Å²) in [6, 6.07) is 2.29. The minimum atomic E-state index is 0.0634. The van der Waals surface area contributed by atoms with Crippen LogP contribution in [0.4, 0.5) is 0 Å². The first-order valence-electron chi connectivity index (χ1n) is 6.85. The van der Waals surface area contributed by atoms with Crippen LogP contribution in [-0.4, -0.2) is 36.7 Å². The Balaban J connectivity index is 2.05. The second-order valence-electron chi connectivity index (χ2n) is 6.05. The van der Waals surface area contributed by atoms with Crippen LogP contribution in [0.25, 0.3) is 0 Å². The summed E-state index contributed by atoms with van der Waals surface area (Å²) in [6.07, 6.45) is 5.98. The molecule has 2 heterocycles. The lowest BCUT2D eigenvalue weighted by Crippen LogP contribution is -2.51. The predicted octanol–water partition coefficient (Wildman–Crippen LogP) is 2.57. The Hall–Kier alpha value is -0.590. The maximum Gasteiger partial charge on any atom is 0.0866 e. The van der Waals surface area contributed by atoms with Crippen molar-refractivity contribution in [3.05, 3.63) is 0 Å². The highest BCUT2D eigenvalue weighted by molar-refractivity contribution is 4.97. The van der Waals surface area contributed by atoms with E-state index in [1.54, 1.807) is 0 Å². The third-order valence-corrected chi connectivity index (χ3v) is 4.61. The van der Waals surface area contributed by atoms with E-state index in [9.17, 15) is 0 Å². The quantitative estimate of drug-likeness (QED) is 0.691. The number of piperidine rings is 1. The zero-order valence-corrected chi connectivity index (χ0v) is 11.2. The molecule has 0 bridgehead atoms. The van der Waals surface area contributed by atoms with E-state index in [0.717, 1.165) is 26.1 Å². The number of hydrogen-bond donors (Lipinski definition) is 0. The summed E-state index contributed by atoms with van der Waals surface area (Å²) < 4.78 is 5.95. The van der Waals surface area contributed by atoms with Gasteiger partial charge >= 0.3 is 0 Å². The third kappa shape index (κ3) is 2.81. The minimum absolute atomic E-state index is 0.0634. The van der Waals surface area contributed by atoms with Gasteiger partial charge in [0.25, 0.3) is 0 Å². The number of hydrogen-bond acceptors (Lipinski definition) is 3.